The quantitative estimate of drug-likeness (QED) is 0.506. The highest BCUT2D eigenvalue weighted by molar-refractivity contribution is 5.11. The van der Waals surface area contributed by atoms with Crippen LogP contribution in [0, 0.1) is 0 Å². The maximum atomic E-state index is 3.44. The molecule has 0 spiro atoms. The molecule has 1 unspecified atom stereocenters. The number of likely N-dealkylation sites (N-methyl/N-ethyl adjacent to an activating group) is 1. The lowest BCUT2D eigenvalue weighted by Gasteiger charge is -2.24. The van der Waals surface area contributed by atoms with Gasteiger partial charge in [-0.3, -0.25) is 0 Å². The van der Waals surface area contributed by atoms with E-state index in [2.05, 4.69) is 23.5 Å². The third kappa shape index (κ3) is 0.784. The molecule has 2 heterocycles. The second kappa shape index (κ2) is 1.66. The van der Waals surface area contributed by atoms with Crippen LogP contribution in [0.1, 0.15) is 12.8 Å². The lowest BCUT2D eigenvalue weighted by Crippen LogP contribution is -2.36. The molecule has 0 aliphatic carbocycles. The molecule has 0 aromatic heterocycles. The van der Waals surface area contributed by atoms with Crippen LogP contribution in [0.2, 0.25) is 0 Å². The third-order valence-electron chi connectivity index (χ3n) is 2.04. The van der Waals surface area contributed by atoms with Gasteiger partial charge in [-0.1, -0.05) is 0 Å². The molecule has 1 atom stereocenters. The molecular weight excluding hydrogens is 112 g/mol. The average Bonchev–Trinajstić information content (AvgIpc) is 2.11. The van der Waals surface area contributed by atoms with Crippen LogP contribution in [-0.4, -0.2) is 24.5 Å². The van der Waals surface area contributed by atoms with Crippen LogP contribution in [-0.2, 0) is 0 Å². The highest BCUT2D eigenvalue weighted by atomic mass is 15.2. The maximum Gasteiger partial charge on any atom is 0.0437 e. The summed E-state index contributed by atoms with van der Waals surface area (Å²) in [7, 11) is 2.14. The molecule has 1 N–H and O–H groups in total. The summed E-state index contributed by atoms with van der Waals surface area (Å²) in [6.07, 6.45) is 4.80. The van der Waals surface area contributed by atoms with Gasteiger partial charge in [-0.15, -0.1) is 0 Å². The molecule has 1 fully saturated rings. The summed E-state index contributed by atoms with van der Waals surface area (Å²) in [6.45, 7) is 1.18. The second-order valence-electron chi connectivity index (χ2n) is 2.97. The predicted octanol–water partition coefficient (Wildman–Crippen LogP) is 0.525. The summed E-state index contributed by atoms with van der Waals surface area (Å²) in [4.78, 5) is 2.27. The molecule has 0 amide bonds. The first-order chi connectivity index (χ1) is 4.34. The number of allylic oxidation sites excluding steroid dienone is 1. The number of nitrogens with zero attached hydrogens (tertiary/aromatic N) is 1. The third-order valence-corrected chi connectivity index (χ3v) is 2.04. The Labute approximate surface area is 55.5 Å². The minimum absolute atomic E-state index is 0.745. The number of hydrogen-bond donors (Lipinski definition) is 1. The molecule has 9 heavy (non-hydrogen) atoms. The average molecular weight is 124 g/mol. The molecule has 0 aromatic rings. The van der Waals surface area contributed by atoms with Crippen molar-refractivity contribution in [2.45, 2.75) is 18.9 Å². The Balaban J connectivity index is 2.21. The van der Waals surface area contributed by atoms with Gasteiger partial charge >= 0.3 is 0 Å². The van der Waals surface area contributed by atoms with E-state index in [0.29, 0.717) is 0 Å². The van der Waals surface area contributed by atoms with Crippen molar-refractivity contribution in [1.82, 2.24) is 10.2 Å². The number of fused-ring (bicyclic) bond motifs is 2. The summed E-state index contributed by atoms with van der Waals surface area (Å²) in [5.74, 6) is 0. The van der Waals surface area contributed by atoms with Gasteiger partial charge in [-0.2, -0.15) is 0 Å². The number of rotatable bonds is 0. The van der Waals surface area contributed by atoms with Gasteiger partial charge in [-0.25, -0.2) is 0 Å². The van der Waals surface area contributed by atoms with Gasteiger partial charge in [0.05, 0.1) is 0 Å². The van der Waals surface area contributed by atoms with E-state index in [9.17, 15) is 0 Å². The van der Waals surface area contributed by atoms with Crippen LogP contribution in [0.25, 0.3) is 0 Å². The minimum atomic E-state index is 0.745. The van der Waals surface area contributed by atoms with Crippen molar-refractivity contribution in [2.24, 2.45) is 0 Å². The zero-order valence-corrected chi connectivity index (χ0v) is 5.72. The molecule has 1 saturated heterocycles. The van der Waals surface area contributed by atoms with Crippen LogP contribution in [0.4, 0.5) is 0 Å². The zero-order chi connectivity index (χ0) is 6.27. The molecule has 2 aliphatic heterocycles. The van der Waals surface area contributed by atoms with Crippen LogP contribution < -0.4 is 5.32 Å². The van der Waals surface area contributed by atoms with Crippen molar-refractivity contribution in [3.63, 3.8) is 0 Å². The van der Waals surface area contributed by atoms with Crippen LogP contribution >= 0.6 is 0 Å². The summed E-state index contributed by atoms with van der Waals surface area (Å²) in [6, 6.07) is 0.745. The first-order valence-electron chi connectivity index (χ1n) is 3.52. The van der Waals surface area contributed by atoms with E-state index < -0.39 is 0 Å². The van der Waals surface area contributed by atoms with E-state index in [0.717, 1.165) is 6.04 Å². The van der Waals surface area contributed by atoms with E-state index in [1.165, 1.54) is 25.1 Å². The molecule has 2 bridgehead atoms. The Hall–Kier alpha value is -0.660. The van der Waals surface area contributed by atoms with Crippen molar-refractivity contribution in [3.8, 4) is 0 Å². The van der Waals surface area contributed by atoms with Gasteiger partial charge in [0.2, 0.25) is 0 Å². The highest BCUT2D eigenvalue weighted by Crippen LogP contribution is 2.20. The van der Waals surface area contributed by atoms with Crippen LogP contribution in [0.3, 0.4) is 0 Å². The Kier molecular flexibility index (Phi) is 0.949. The summed E-state index contributed by atoms with van der Waals surface area (Å²) < 4.78 is 0. The Morgan fingerprint density at radius 1 is 1.78 bits per heavy atom. The van der Waals surface area contributed by atoms with Gasteiger partial charge in [0, 0.05) is 31.5 Å². The molecule has 2 rings (SSSR count). The first kappa shape index (κ1) is 5.15. The van der Waals surface area contributed by atoms with Crippen molar-refractivity contribution in [2.75, 3.05) is 13.6 Å². The largest absolute Gasteiger partial charge is 0.383 e. The summed E-state index contributed by atoms with van der Waals surface area (Å²) in [5, 5.41) is 3.44. The monoisotopic (exact) mass is 124 g/mol. The first-order valence-corrected chi connectivity index (χ1v) is 3.52. The topological polar surface area (TPSA) is 15.3 Å². The Bertz CT molecular complexity index is 151. The number of nitrogens with one attached hydrogen (secondary N) is 1. The number of hydrogen-bond acceptors (Lipinski definition) is 2. The smallest absolute Gasteiger partial charge is 0.0437 e. The Morgan fingerprint density at radius 2 is 2.67 bits per heavy atom. The SMILES string of the molecule is CN1C=C2CCC(C1)N2. The molecule has 0 aromatic carbocycles. The van der Waals surface area contributed by atoms with E-state index >= 15 is 0 Å². The van der Waals surface area contributed by atoms with Gasteiger partial charge in [0.25, 0.3) is 0 Å². The van der Waals surface area contributed by atoms with Gasteiger partial charge in [0.1, 0.15) is 0 Å². The Morgan fingerprint density at radius 3 is 3.44 bits per heavy atom. The lowest BCUT2D eigenvalue weighted by molar-refractivity contribution is 0.374. The molecular formula is C7H12N2. The molecule has 50 valence electrons. The maximum absolute atomic E-state index is 3.44. The highest BCUT2D eigenvalue weighted by Gasteiger charge is 2.22. The molecule has 0 radical (unpaired) electrons. The fourth-order valence-corrected chi connectivity index (χ4v) is 1.64. The van der Waals surface area contributed by atoms with E-state index in [-0.39, 0.29) is 0 Å². The summed E-state index contributed by atoms with van der Waals surface area (Å²) in [5.41, 5.74) is 1.42. The minimum Gasteiger partial charge on any atom is -0.383 e. The van der Waals surface area contributed by atoms with Crippen LogP contribution in [0.5, 0.6) is 0 Å². The van der Waals surface area contributed by atoms with Crippen LogP contribution in [0.15, 0.2) is 11.9 Å². The van der Waals surface area contributed by atoms with Crippen molar-refractivity contribution >= 4 is 0 Å². The molecule has 2 nitrogen and oxygen atoms in total. The molecule has 0 saturated carbocycles. The normalized spacial score (nSPS) is 31.9. The fraction of sp³-hybridized carbons (Fsp3) is 0.714. The standard InChI is InChI=1S/C7H12N2/c1-9-4-6-2-3-7(5-9)8-6/h4,7-8H,2-3,5H2,1H3. The molecule has 2 heteroatoms. The van der Waals surface area contributed by atoms with Gasteiger partial charge < -0.3 is 10.2 Å². The lowest BCUT2D eigenvalue weighted by atomic mass is 10.2. The van der Waals surface area contributed by atoms with E-state index in [1.54, 1.807) is 0 Å². The summed E-state index contributed by atoms with van der Waals surface area (Å²) >= 11 is 0. The van der Waals surface area contributed by atoms with E-state index in [4.69, 9.17) is 0 Å². The fourth-order valence-electron chi connectivity index (χ4n) is 1.64. The predicted molar refractivity (Wildman–Crippen MR) is 36.9 cm³/mol. The van der Waals surface area contributed by atoms with Gasteiger partial charge in [-0.05, 0) is 12.8 Å². The zero-order valence-electron chi connectivity index (χ0n) is 5.72. The van der Waals surface area contributed by atoms with Crippen molar-refractivity contribution in [3.05, 3.63) is 11.9 Å². The van der Waals surface area contributed by atoms with Crippen molar-refractivity contribution in [1.29, 1.82) is 0 Å². The van der Waals surface area contributed by atoms with Gasteiger partial charge in [0.15, 0.2) is 0 Å². The van der Waals surface area contributed by atoms with E-state index in [1.807, 2.05) is 0 Å². The van der Waals surface area contributed by atoms with Crippen molar-refractivity contribution < 1.29 is 0 Å². The molecule has 2 aliphatic rings. The second-order valence-corrected chi connectivity index (χ2v) is 2.97.